The predicted molar refractivity (Wildman–Crippen MR) is 84.8 cm³/mol. The minimum Gasteiger partial charge on any atom is -0.363 e. The van der Waals surface area contributed by atoms with Gasteiger partial charge in [0, 0.05) is 40.1 Å². The van der Waals surface area contributed by atoms with Crippen molar-refractivity contribution in [2.75, 3.05) is 25.5 Å². The van der Waals surface area contributed by atoms with Crippen molar-refractivity contribution in [3.05, 3.63) is 41.9 Å². The molecule has 0 spiro atoms. The molecular weight excluding hydrogens is 278 g/mol. The molecule has 3 rings (SSSR count). The van der Waals surface area contributed by atoms with Gasteiger partial charge in [-0.2, -0.15) is 5.10 Å². The van der Waals surface area contributed by atoms with Crippen LogP contribution < -0.4 is 4.90 Å². The van der Waals surface area contributed by atoms with Crippen LogP contribution in [0.5, 0.6) is 0 Å². The van der Waals surface area contributed by atoms with Gasteiger partial charge in [0.15, 0.2) is 0 Å². The van der Waals surface area contributed by atoms with E-state index in [-0.39, 0.29) is 11.9 Å². The highest BCUT2D eigenvalue weighted by molar-refractivity contribution is 5.92. The smallest absolute Gasteiger partial charge is 0.274 e. The van der Waals surface area contributed by atoms with Crippen molar-refractivity contribution >= 4 is 11.7 Å². The van der Waals surface area contributed by atoms with E-state index in [4.69, 9.17) is 0 Å². The number of carbonyl (C=O) groups excluding carboxylic acids is 1. The first kappa shape index (κ1) is 14.6. The van der Waals surface area contributed by atoms with Crippen molar-refractivity contribution in [3.63, 3.8) is 0 Å². The molecule has 1 aliphatic rings. The molecule has 1 fully saturated rings. The monoisotopic (exact) mass is 299 g/mol. The van der Waals surface area contributed by atoms with Gasteiger partial charge >= 0.3 is 0 Å². The molecule has 0 bridgehead atoms. The van der Waals surface area contributed by atoms with Crippen LogP contribution in [0.3, 0.4) is 0 Å². The minimum atomic E-state index is 0.00585. The van der Waals surface area contributed by atoms with Crippen LogP contribution in [0.4, 0.5) is 5.82 Å². The summed E-state index contributed by atoms with van der Waals surface area (Å²) in [5, 5.41) is 4.23. The maximum absolute atomic E-state index is 12.7. The largest absolute Gasteiger partial charge is 0.363 e. The van der Waals surface area contributed by atoms with Crippen LogP contribution >= 0.6 is 0 Å². The molecule has 3 heterocycles. The van der Waals surface area contributed by atoms with E-state index in [2.05, 4.69) is 16.1 Å². The van der Waals surface area contributed by atoms with E-state index in [0.29, 0.717) is 5.69 Å². The van der Waals surface area contributed by atoms with Crippen LogP contribution in [-0.2, 0) is 7.05 Å². The van der Waals surface area contributed by atoms with Crippen molar-refractivity contribution in [2.45, 2.75) is 18.9 Å². The zero-order valence-corrected chi connectivity index (χ0v) is 13.2. The molecule has 1 saturated heterocycles. The summed E-state index contributed by atoms with van der Waals surface area (Å²) in [5.74, 6) is 0.918. The summed E-state index contributed by atoms with van der Waals surface area (Å²) in [4.78, 5) is 20.9. The Morgan fingerprint density at radius 2 is 2.18 bits per heavy atom. The normalized spacial score (nSPS) is 17.8. The number of pyridine rings is 1. The summed E-state index contributed by atoms with van der Waals surface area (Å²) in [5.41, 5.74) is 1.65. The highest BCUT2D eigenvalue weighted by Crippen LogP contribution is 2.33. The SMILES string of the molecule is CN(C)c1cc(C2CCCN2C(=O)c2ccn(C)n2)ccn1. The molecule has 6 heteroatoms. The van der Waals surface area contributed by atoms with Crippen molar-refractivity contribution in [1.29, 1.82) is 0 Å². The summed E-state index contributed by atoms with van der Waals surface area (Å²) in [6.45, 7) is 0.777. The van der Waals surface area contributed by atoms with E-state index in [9.17, 15) is 4.79 Å². The van der Waals surface area contributed by atoms with E-state index in [1.165, 1.54) is 0 Å². The average Bonchev–Trinajstić information content (AvgIpc) is 3.15. The number of rotatable bonds is 3. The fraction of sp³-hybridized carbons (Fsp3) is 0.438. The number of aryl methyl sites for hydroxylation is 1. The van der Waals surface area contributed by atoms with Gasteiger partial charge in [-0.05, 0) is 36.6 Å². The number of amides is 1. The molecule has 2 aromatic heterocycles. The van der Waals surface area contributed by atoms with E-state index < -0.39 is 0 Å². The summed E-state index contributed by atoms with van der Waals surface area (Å²) >= 11 is 0. The first-order chi connectivity index (χ1) is 10.6. The van der Waals surface area contributed by atoms with Crippen LogP contribution in [-0.4, -0.2) is 46.2 Å². The predicted octanol–water partition coefficient (Wildman–Crippen LogP) is 1.86. The number of hydrogen-bond donors (Lipinski definition) is 0. The molecule has 2 aromatic rings. The Hall–Kier alpha value is -2.37. The Bertz CT molecular complexity index is 679. The molecule has 0 N–H and O–H groups in total. The Morgan fingerprint density at radius 3 is 2.86 bits per heavy atom. The first-order valence-electron chi connectivity index (χ1n) is 7.50. The van der Waals surface area contributed by atoms with Gasteiger partial charge in [-0.1, -0.05) is 0 Å². The molecule has 1 amide bonds. The highest BCUT2D eigenvalue weighted by atomic mass is 16.2. The van der Waals surface area contributed by atoms with E-state index >= 15 is 0 Å². The van der Waals surface area contributed by atoms with Gasteiger partial charge in [0.2, 0.25) is 0 Å². The molecule has 1 aliphatic heterocycles. The molecule has 0 aliphatic carbocycles. The lowest BCUT2D eigenvalue weighted by atomic mass is 10.1. The molecule has 6 nitrogen and oxygen atoms in total. The fourth-order valence-electron chi connectivity index (χ4n) is 2.92. The molecular formula is C16H21N5O. The lowest BCUT2D eigenvalue weighted by molar-refractivity contribution is 0.0729. The van der Waals surface area contributed by atoms with Gasteiger partial charge in [0.05, 0.1) is 6.04 Å². The third kappa shape index (κ3) is 2.68. The molecule has 1 atom stereocenters. The zero-order chi connectivity index (χ0) is 15.7. The van der Waals surface area contributed by atoms with Crippen LogP contribution in [0.2, 0.25) is 0 Å². The maximum Gasteiger partial charge on any atom is 0.274 e. The van der Waals surface area contributed by atoms with Gasteiger partial charge in [-0.15, -0.1) is 0 Å². The highest BCUT2D eigenvalue weighted by Gasteiger charge is 2.31. The molecule has 0 radical (unpaired) electrons. The fourth-order valence-corrected chi connectivity index (χ4v) is 2.92. The number of likely N-dealkylation sites (tertiary alicyclic amines) is 1. The number of hydrogen-bond acceptors (Lipinski definition) is 4. The number of carbonyl (C=O) groups is 1. The standard InChI is InChI=1S/C16H21N5O/c1-19(2)15-11-12(6-8-17-15)14-5-4-9-21(14)16(22)13-7-10-20(3)18-13/h6-8,10-11,14H,4-5,9H2,1-3H3. The number of anilines is 1. The molecule has 0 aromatic carbocycles. The van der Waals surface area contributed by atoms with Gasteiger partial charge in [-0.3, -0.25) is 9.48 Å². The Balaban J connectivity index is 1.87. The van der Waals surface area contributed by atoms with Gasteiger partial charge in [-0.25, -0.2) is 4.98 Å². The van der Waals surface area contributed by atoms with E-state index in [0.717, 1.165) is 30.8 Å². The van der Waals surface area contributed by atoms with Gasteiger partial charge in [0.1, 0.15) is 11.5 Å². The number of nitrogens with zero attached hydrogens (tertiary/aromatic N) is 5. The van der Waals surface area contributed by atoms with Crippen LogP contribution in [0.15, 0.2) is 30.6 Å². The van der Waals surface area contributed by atoms with Crippen LogP contribution in [0.25, 0.3) is 0 Å². The summed E-state index contributed by atoms with van der Waals surface area (Å²) in [7, 11) is 5.76. The summed E-state index contributed by atoms with van der Waals surface area (Å²) in [6, 6.07) is 5.95. The van der Waals surface area contributed by atoms with Gasteiger partial charge in [0.25, 0.3) is 5.91 Å². The Morgan fingerprint density at radius 1 is 1.36 bits per heavy atom. The third-order valence-corrected chi connectivity index (χ3v) is 4.06. The van der Waals surface area contributed by atoms with Crippen LogP contribution in [0.1, 0.15) is 34.9 Å². The summed E-state index contributed by atoms with van der Waals surface area (Å²) < 4.78 is 1.66. The van der Waals surface area contributed by atoms with Crippen molar-refractivity contribution in [2.24, 2.45) is 7.05 Å². The average molecular weight is 299 g/mol. The second-order valence-electron chi connectivity index (χ2n) is 5.87. The Kier molecular flexibility index (Phi) is 3.83. The molecule has 22 heavy (non-hydrogen) atoms. The van der Waals surface area contributed by atoms with E-state index in [1.54, 1.807) is 16.9 Å². The lowest BCUT2D eigenvalue weighted by Crippen LogP contribution is -2.31. The first-order valence-corrected chi connectivity index (χ1v) is 7.50. The topological polar surface area (TPSA) is 54.3 Å². The van der Waals surface area contributed by atoms with E-state index in [1.807, 2.05) is 43.2 Å². The third-order valence-electron chi connectivity index (χ3n) is 4.06. The lowest BCUT2D eigenvalue weighted by Gasteiger charge is -2.25. The molecule has 1 unspecified atom stereocenters. The second kappa shape index (κ2) is 5.79. The maximum atomic E-state index is 12.7. The van der Waals surface area contributed by atoms with Crippen molar-refractivity contribution < 1.29 is 4.79 Å². The quantitative estimate of drug-likeness (QED) is 0.868. The van der Waals surface area contributed by atoms with Crippen molar-refractivity contribution in [1.82, 2.24) is 19.7 Å². The van der Waals surface area contributed by atoms with Crippen molar-refractivity contribution in [3.8, 4) is 0 Å². The van der Waals surface area contributed by atoms with Gasteiger partial charge < -0.3 is 9.80 Å². The molecule has 0 saturated carbocycles. The second-order valence-corrected chi connectivity index (χ2v) is 5.87. The minimum absolute atomic E-state index is 0.00585. The summed E-state index contributed by atoms with van der Waals surface area (Å²) in [6.07, 6.45) is 5.61. The Labute approximate surface area is 130 Å². The number of aromatic nitrogens is 3. The molecule has 116 valence electrons. The zero-order valence-electron chi connectivity index (χ0n) is 13.2. The van der Waals surface area contributed by atoms with Crippen LogP contribution in [0, 0.1) is 0 Å².